The standard InChI is InChI=1S/C19H16N2O5S/c1-24-14-7-11-8-16(17(23)13(11)9-15(14)25-2)27-19-21-20-18(26-19)10-3-5-12(22)6-4-10/h3-7,9,16,22H,8H2,1-2H3. The first kappa shape index (κ1) is 17.4. The summed E-state index contributed by atoms with van der Waals surface area (Å²) in [6, 6.07) is 10.0. The maximum absolute atomic E-state index is 12.7. The van der Waals surface area contributed by atoms with Gasteiger partial charge in [0, 0.05) is 11.1 Å². The predicted molar refractivity (Wildman–Crippen MR) is 98.6 cm³/mol. The fourth-order valence-electron chi connectivity index (χ4n) is 2.98. The minimum absolute atomic E-state index is 0.000312. The summed E-state index contributed by atoms with van der Waals surface area (Å²) >= 11 is 1.24. The summed E-state index contributed by atoms with van der Waals surface area (Å²) in [5.41, 5.74) is 2.24. The number of hydrogen-bond acceptors (Lipinski definition) is 8. The molecule has 1 unspecified atom stereocenters. The topological polar surface area (TPSA) is 94.7 Å². The SMILES string of the molecule is COc1cc2c(cc1OC)C(=O)C(Sc1nnc(-c3ccc(O)cc3)o1)C2. The molecule has 138 valence electrons. The number of hydrogen-bond donors (Lipinski definition) is 1. The first-order valence-corrected chi connectivity index (χ1v) is 9.05. The highest BCUT2D eigenvalue weighted by molar-refractivity contribution is 8.00. The van der Waals surface area contributed by atoms with Gasteiger partial charge in [-0.1, -0.05) is 11.8 Å². The van der Waals surface area contributed by atoms with E-state index in [0.29, 0.717) is 40.2 Å². The molecule has 1 aliphatic rings. The second-order valence-electron chi connectivity index (χ2n) is 5.96. The van der Waals surface area contributed by atoms with Gasteiger partial charge >= 0.3 is 0 Å². The first-order valence-electron chi connectivity index (χ1n) is 8.17. The number of aromatic nitrogens is 2. The number of phenols is 1. The number of benzene rings is 2. The first-order chi connectivity index (χ1) is 13.1. The molecule has 7 nitrogen and oxygen atoms in total. The molecule has 27 heavy (non-hydrogen) atoms. The van der Waals surface area contributed by atoms with Gasteiger partial charge in [-0.3, -0.25) is 4.79 Å². The second kappa shape index (κ2) is 6.96. The maximum atomic E-state index is 12.7. The largest absolute Gasteiger partial charge is 0.508 e. The zero-order valence-corrected chi connectivity index (χ0v) is 15.4. The van der Waals surface area contributed by atoms with Crippen molar-refractivity contribution in [1.29, 1.82) is 0 Å². The number of nitrogens with zero attached hydrogens (tertiary/aromatic N) is 2. The van der Waals surface area contributed by atoms with Crippen molar-refractivity contribution < 1.29 is 23.8 Å². The predicted octanol–water partition coefficient (Wildman–Crippen LogP) is 3.36. The van der Waals surface area contributed by atoms with Crippen LogP contribution in [0.1, 0.15) is 15.9 Å². The molecule has 3 aromatic rings. The number of thioether (sulfide) groups is 1. The number of ether oxygens (including phenoxy) is 2. The minimum Gasteiger partial charge on any atom is -0.508 e. The average molecular weight is 384 g/mol. The molecule has 1 atom stereocenters. The van der Waals surface area contributed by atoms with Gasteiger partial charge in [-0.15, -0.1) is 10.2 Å². The van der Waals surface area contributed by atoms with E-state index in [1.807, 2.05) is 6.07 Å². The van der Waals surface area contributed by atoms with Crippen molar-refractivity contribution in [1.82, 2.24) is 10.2 Å². The van der Waals surface area contributed by atoms with E-state index in [9.17, 15) is 9.90 Å². The Labute approximate surface area is 159 Å². The zero-order chi connectivity index (χ0) is 19.0. The third kappa shape index (κ3) is 3.23. The normalized spacial score (nSPS) is 15.6. The number of carbonyl (C=O) groups excluding carboxylic acids is 1. The van der Waals surface area contributed by atoms with E-state index in [2.05, 4.69) is 10.2 Å². The molecular formula is C19H16N2O5S. The molecule has 0 amide bonds. The van der Waals surface area contributed by atoms with Gasteiger partial charge in [-0.2, -0.15) is 0 Å². The van der Waals surface area contributed by atoms with Crippen LogP contribution in [0.4, 0.5) is 0 Å². The van der Waals surface area contributed by atoms with Gasteiger partial charge in [0.2, 0.25) is 5.89 Å². The van der Waals surface area contributed by atoms with Crippen LogP contribution in [0.3, 0.4) is 0 Å². The molecule has 1 N–H and O–H groups in total. The number of carbonyl (C=O) groups is 1. The monoisotopic (exact) mass is 384 g/mol. The number of fused-ring (bicyclic) bond motifs is 1. The highest BCUT2D eigenvalue weighted by Gasteiger charge is 2.34. The van der Waals surface area contributed by atoms with Crippen molar-refractivity contribution in [2.75, 3.05) is 14.2 Å². The van der Waals surface area contributed by atoms with Gasteiger partial charge in [0.1, 0.15) is 5.75 Å². The van der Waals surface area contributed by atoms with Crippen LogP contribution in [0.25, 0.3) is 11.5 Å². The fourth-order valence-corrected chi connectivity index (χ4v) is 3.94. The molecule has 0 aliphatic heterocycles. The van der Waals surface area contributed by atoms with Crippen molar-refractivity contribution in [3.8, 4) is 28.7 Å². The van der Waals surface area contributed by atoms with E-state index in [-0.39, 0.29) is 16.8 Å². The molecule has 0 radical (unpaired) electrons. The Bertz CT molecular complexity index is 1000. The van der Waals surface area contributed by atoms with Crippen molar-refractivity contribution >= 4 is 17.5 Å². The quantitative estimate of drug-likeness (QED) is 0.716. The molecule has 1 aromatic heterocycles. The lowest BCUT2D eigenvalue weighted by Gasteiger charge is -2.09. The third-order valence-corrected chi connectivity index (χ3v) is 5.37. The minimum atomic E-state index is -0.343. The van der Waals surface area contributed by atoms with Gasteiger partial charge in [0.05, 0.1) is 19.5 Å². The lowest BCUT2D eigenvalue weighted by molar-refractivity contribution is 0.0999. The van der Waals surface area contributed by atoms with Crippen molar-refractivity contribution in [3.63, 3.8) is 0 Å². The molecule has 4 rings (SSSR count). The molecule has 0 fully saturated rings. The van der Waals surface area contributed by atoms with Crippen molar-refractivity contribution in [2.45, 2.75) is 16.9 Å². The van der Waals surface area contributed by atoms with Crippen LogP contribution >= 0.6 is 11.8 Å². The Morgan fingerprint density at radius 3 is 2.52 bits per heavy atom. The van der Waals surface area contributed by atoms with Gasteiger partial charge in [-0.05, 0) is 48.4 Å². The van der Waals surface area contributed by atoms with Crippen LogP contribution in [-0.2, 0) is 6.42 Å². The molecule has 1 heterocycles. The third-order valence-electron chi connectivity index (χ3n) is 4.34. The Balaban J connectivity index is 1.54. The summed E-state index contributed by atoms with van der Waals surface area (Å²) in [7, 11) is 3.11. The number of ketones is 1. The van der Waals surface area contributed by atoms with E-state index in [0.717, 1.165) is 5.56 Å². The Kier molecular flexibility index (Phi) is 4.49. The summed E-state index contributed by atoms with van der Waals surface area (Å²) in [6.07, 6.45) is 0.552. The molecule has 1 aliphatic carbocycles. The van der Waals surface area contributed by atoms with Crippen LogP contribution in [0.2, 0.25) is 0 Å². The number of Topliss-reactive ketones (excluding diaryl/α,β-unsaturated/α-hetero) is 1. The summed E-state index contributed by atoms with van der Waals surface area (Å²) in [6.45, 7) is 0. The number of aromatic hydroxyl groups is 1. The Morgan fingerprint density at radius 2 is 1.81 bits per heavy atom. The second-order valence-corrected chi connectivity index (χ2v) is 7.11. The molecule has 0 saturated carbocycles. The van der Waals surface area contributed by atoms with Gasteiger partial charge < -0.3 is 19.0 Å². The van der Waals surface area contributed by atoms with Crippen molar-refractivity contribution in [2.24, 2.45) is 0 Å². The highest BCUT2D eigenvalue weighted by atomic mass is 32.2. The molecule has 0 bridgehead atoms. The van der Waals surface area contributed by atoms with E-state index >= 15 is 0 Å². The lowest BCUT2D eigenvalue weighted by Crippen LogP contribution is -2.11. The highest BCUT2D eigenvalue weighted by Crippen LogP contribution is 2.39. The molecule has 0 saturated heterocycles. The lowest BCUT2D eigenvalue weighted by atomic mass is 10.1. The number of rotatable bonds is 5. The number of methoxy groups -OCH3 is 2. The summed E-state index contributed by atoms with van der Waals surface area (Å²) in [5, 5.41) is 17.4. The van der Waals surface area contributed by atoms with Crippen molar-refractivity contribution in [3.05, 3.63) is 47.5 Å². The molecule has 0 spiro atoms. The van der Waals surface area contributed by atoms with E-state index in [4.69, 9.17) is 13.9 Å². The Hall–Kier alpha value is -3.00. The van der Waals surface area contributed by atoms with Crippen LogP contribution in [0.5, 0.6) is 17.2 Å². The van der Waals surface area contributed by atoms with E-state index in [1.54, 1.807) is 44.6 Å². The van der Waals surface area contributed by atoms with Gasteiger partial charge in [-0.25, -0.2) is 0 Å². The summed E-state index contributed by atoms with van der Waals surface area (Å²) < 4.78 is 16.3. The zero-order valence-electron chi connectivity index (χ0n) is 14.6. The summed E-state index contributed by atoms with van der Waals surface area (Å²) in [5.74, 6) is 1.63. The van der Waals surface area contributed by atoms with Crippen LogP contribution in [0.15, 0.2) is 46.0 Å². The average Bonchev–Trinajstić information content (AvgIpc) is 3.26. The van der Waals surface area contributed by atoms with Crippen LogP contribution < -0.4 is 9.47 Å². The van der Waals surface area contributed by atoms with Gasteiger partial charge in [0.15, 0.2) is 17.3 Å². The van der Waals surface area contributed by atoms with Gasteiger partial charge in [0.25, 0.3) is 5.22 Å². The molecule has 2 aromatic carbocycles. The molecular weight excluding hydrogens is 368 g/mol. The van der Waals surface area contributed by atoms with E-state index < -0.39 is 0 Å². The summed E-state index contributed by atoms with van der Waals surface area (Å²) in [4.78, 5) is 12.7. The Morgan fingerprint density at radius 1 is 1.11 bits per heavy atom. The van der Waals surface area contributed by atoms with Crippen LogP contribution in [0, 0.1) is 0 Å². The molecule has 8 heteroatoms. The smallest absolute Gasteiger partial charge is 0.277 e. The maximum Gasteiger partial charge on any atom is 0.277 e. The van der Waals surface area contributed by atoms with Crippen LogP contribution in [-0.4, -0.2) is 40.6 Å². The van der Waals surface area contributed by atoms with E-state index in [1.165, 1.54) is 11.8 Å². The fraction of sp³-hybridized carbons (Fsp3) is 0.211. The number of phenolic OH excluding ortho intramolecular Hbond substituents is 1.